The summed E-state index contributed by atoms with van der Waals surface area (Å²) in [4.78, 5) is 26.4. The Kier molecular flexibility index (Phi) is 3.89. The monoisotopic (exact) mass is 272 g/mol. The number of methoxy groups -OCH3 is 1. The molecule has 0 bridgehead atoms. The summed E-state index contributed by atoms with van der Waals surface area (Å²) in [6.45, 7) is 3.91. The van der Waals surface area contributed by atoms with Crippen molar-refractivity contribution in [1.29, 1.82) is 0 Å². The third kappa shape index (κ3) is 3.06. The van der Waals surface area contributed by atoms with Crippen LogP contribution < -0.4 is 15.5 Å². The first-order valence-electron chi connectivity index (χ1n) is 6.16. The minimum absolute atomic E-state index is 0.174. The number of ether oxygens (including phenoxy) is 1. The maximum Gasteiger partial charge on any atom is 0.272 e. The summed E-state index contributed by atoms with van der Waals surface area (Å²) in [5.74, 6) is -0.192. The quantitative estimate of drug-likeness (QED) is 0.900. The minimum atomic E-state index is -0.366. The van der Waals surface area contributed by atoms with E-state index in [1.165, 1.54) is 19.4 Å². The number of aromatic amines is 1. The van der Waals surface area contributed by atoms with Gasteiger partial charge in [0.1, 0.15) is 5.69 Å². The molecule has 2 N–H and O–H groups in total. The number of amides is 1. The third-order valence-electron chi connectivity index (χ3n) is 2.82. The van der Waals surface area contributed by atoms with Crippen LogP contribution in [0.25, 0.3) is 0 Å². The number of hydrogen-bond donors (Lipinski definition) is 2. The molecule has 5 nitrogen and oxygen atoms in total. The Morgan fingerprint density at radius 1 is 1.15 bits per heavy atom. The van der Waals surface area contributed by atoms with Crippen LogP contribution in [0.2, 0.25) is 0 Å². The van der Waals surface area contributed by atoms with Gasteiger partial charge >= 0.3 is 0 Å². The smallest absolute Gasteiger partial charge is 0.272 e. The van der Waals surface area contributed by atoms with Crippen molar-refractivity contribution in [2.75, 3.05) is 12.4 Å². The fraction of sp³-hybridized carbons (Fsp3) is 0.200. The minimum Gasteiger partial charge on any atom is -0.491 e. The Hall–Kier alpha value is -2.56. The molecule has 20 heavy (non-hydrogen) atoms. The van der Waals surface area contributed by atoms with E-state index in [4.69, 9.17) is 4.74 Å². The molecule has 0 aliphatic carbocycles. The summed E-state index contributed by atoms with van der Waals surface area (Å²) in [6.07, 6.45) is 1.37. The molecular weight excluding hydrogens is 256 g/mol. The summed E-state index contributed by atoms with van der Waals surface area (Å²) in [7, 11) is 1.40. The zero-order valence-electron chi connectivity index (χ0n) is 11.6. The van der Waals surface area contributed by atoms with Crippen molar-refractivity contribution in [2.24, 2.45) is 0 Å². The summed E-state index contributed by atoms with van der Waals surface area (Å²) >= 11 is 0. The number of pyridine rings is 1. The lowest BCUT2D eigenvalue weighted by molar-refractivity contribution is 0.102. The average Bonchev–Trinajstić information content (AvgIpc) is 2.37. The molecule has 0 aliphatic heterocycles. The highest BCUT2D eigenvalue weighted by Gasteiger charge is 2.09. The van der Waals surface area contributed by atoms with Crippen molar-refractivity contribution in [3.63, 3.8) is 0 Å². The van der Waals surface area contributed by atoms with Gasteiger partial charge in [-0.15, -0.1) is 0 Å². The van der Waals surface area contributed by atoms with E-state index in [0.29, 0.717) is 5.69 Å². The van der Waals surface area contributed by atoms with Crippen molar-refractivity contribution in [1.82, 2.24) is 4.98 Å². The van der Waals surface area contributed by atoms with E-state index in [0.717, 1.165) is 11.1 Å². The fourth-order valence-corrected chi connectivity index (χ4v) is 1.99. The topological polar surface area (TPSA) is 71.2 Å². The van der Waals surface area contributed by atoms with E-state index in [1.807, 2.05) is 32.0 Å². The molecule has 0 unspecified atom stereocenters. The number of carbonyl (C=O) groups is 1. The van der Waals surface area contributed by atoms with Gasteiger partial charge in [-0.2, -0.15) is 0 Å². The second kappa shape index (κ2) is 5.61. The number of carbonyl (C=O) groups excluding carboxylic acids is 1. The van der Waals surface area contributed by atoms with Crippen LogP contribution >= 0.6 is 0 Å². The van der Waals surface area contributed by atoms with Gasteiger partial charge in [0, 0.05) is 18.0 Å². The van der Waals surface area contributed by atoms with Crippen LogP contribution in [0.15, 0.2) is 35.3 Å². The number of rotatable bonds is 3. The molecule has 0 saturated carbocycles. The third-order valence-corrected chi connectivity index (χ3v) is 2.82. The number of nitrogens with one attached hydrogen (secondary N) is 2. The van der Waals surface area contributed by atoms with E-state index in [1.54, 1.807) is 0 Å². The van der Waals surface area contributed by atoms with Gasteiger partial charge in [0.2, 0.25) is 5.43 Å². The maximum atomic E-state index is 12.1. The molecule has 0 saturated heterocycles. The molecule has 104 valence electrons. The standard InChI is InChI=1S/C15H16N2O3/c1-9-4-10(2)6-11(5-9)17-15(19)12-7-13(18)14(20-3)8-16-12/h4-8H,1-3H3,(H,16,18)(H,17,19). The van der Waals surface area contributed by atoms with Crippen LogP contribution in [0.4, 0.5) is 5.69 Å². The SMILES string of the molecule is COc1c[nH]c(C(=O)Nc2cc(C)cc(C)c2)cc1=O. The van der Waals surface area contributed by atoms with E-state index in [-0.39, 0.29) is 22.8 Å². The maximum absolute atomic E-state index is 12.1. The predicted octanol–water partition coefficient (Wildman–Crippen LogP) is 2.25. The molecule has 1 aromatic heterocycles. The summed E-state index contributed by atoms with van der Waals surface area (Å²) in [5.41, 5.74) is 2.67. The van der Waals surface area contributed by atoms with Gasteiger partial charge < -0.3 is 15.0 Å². The fourth-order valence-electron chi connectivity index (χ4n) is 1.99. The molecular formula is C15H16N2O3. The van der Waals surface area contributed by atoms with E-state index in [9.17, 15) is 9.59 Å². The van der Waals surface area contributed by atoms with Crippen LogP contribution in [0.3, 0.4) is 0 Å². The summed E-state index contributed by atoms with van der Waals surface area (Å²) < 4.78 is 4.85. The summed E-state index contributed by atoms with van der Waals surface area (Å²) in [6, 6.07) is 6.97. The van der Waals surface area contributed by atoms with Gasteiger partial charge in [-0.25, -0.2) is 0 Å². The molecule has 1 heterocycles. The van der Waals surface area contributed by atoms with Gasteiger partial charge in [0.15, 0.2) is 5.75 Å². The van der Waals surface area contributed by atoms with Crippen molar-refractivity contribution in [2.45, 2.75) is 13.8 Å². The Labute approximate surface area is 116 Å². The van der Waals surface area contributed by atoms with Crippen LogP contribution in [0, 0.1) is 13.8 Å². The van der Waals surface area contributed by atoms with Crippen LogP contribution in [-0.4, -0.2) is 18.0 Å². The lowest BCUT2D eigenvalue weighted by atomic mass is 10.1. The Balaban J connectivity index is 2.24. The number of benzene rings is 1. The largest absolute Gasteiger partial charge is 0.491 e. The van der Waals surface area contributed by atoms with Crippen LogP contribution in [-0.2, 0) is 0 Å². The molecule has 0 fully saturated rings. The van der Waals surface area contributed by atoms with Crippen LogP contribution in [0.1, 0.15) is 21.6 Å². The zero-order chi connectivity index (χ0) is 14.7. The molecule has 2 rings (SSSR count). The molecule has 0 aliphatic rings. The van der Waals surface area contributed by atoms with E-state index < -0.39 is 0 Å². The van der Waals surface area contributed by atoms with Gasteiger partial charge in [-0.05, 0) is 37.1 Å². The molecule has 0 atom stereocenters. The average molecular weight is 272 g/mol. The highest BCUT2D eigenvalue weighted by atomic mass is 16.5. The lowest BCUT2D eigenvalue weighted by Gasteiger charge is -2.08. The summed E-state index contributed by atoms with van der Waals surface area (Å²) in [5, 5.41) is 2.75. The second-order valence-electron chi connectivity index (χ2n) is 4.61. The molecule has 1 amide bonds. The second-order valence-corrected chi connectivity index (χ2v) is 4.61. The normalized spacial score (nSPS) is 10.2. The van der Waals surface area contributed by atoms with Crippen molar-refractivity contribution < 1.29 is 9.53 Å². The molecule has 2 aromatic rings. The molecule has 1 aromatic carbocycles. The number of hydrogen-bond acceptors (Lipinski definition) is 3. The van der Waals surface area contributed by atoms with Gasteiger partial charge in [0.05, 0.1) is 7.11 Å². The van der Waals surface area contributed by atoms with Crippen molar-refractivity contribution in [3.8, 4) is 5.75 Å². The number of aryl methyl sites for hydroxylation is 2. The molecule has 0 spiro atoms. The Morgan fingerprint density at radius 3 is 2.35 bits per heavy atom. The van der Waals surface area contributed by atoms with Crippen molar-refractivity contribution >= 4 is 11.6 Å². The van der Waals surface area contributed by atoms with E-state index in [2.05, 4.69) is 10.3 Å². The van der Waals surface area contributed by atoms with Gasteiger partial charge in [-0.3, -0.25) is 9.59 Å². The Morgan fingerprint density at radius 2 is 1.80 bits per heavy atom. The van der Waals surface area contributed by atoms with Gasteiger partial charge in [-0.1, -0.05) is 6.07 Å². The molecule has 5 heteroatoms. The van der Waals surface area contributed by atoms with Crippen molar-refractivity contribution in [3.05, 3.63) is 57.5 Å². The van der Waals surface area contributed by atoms with E-state index >= 15 is 0 Å². The first kappa shape index (κ1) is 13.9. The first-order valence-corrected chi connectivity index (χ1v) is 6.16. The zero-order valence-corrected chi connectivity index (χ0v) is 11.6. The first-order chi connectivity index (χ1) is 9.49. The predicted molar refractivity (Wildman–Crippen MR) is 77.5 cm³/mol. The number of anilines is 1. The number of aromatic nitrogens is 1. The highest BCUT2D eigenvalue weighted by Crippen LogP contribution is 2.14. The Bertz CT molecular complexity index is 684. The lowest BCUT2D eigenvalue weighted by Crippen LogP contribution is -2.17. The van der Waals surface area contributed by atoms with Gasteiger partial charge in [0.25, 0.3) is 5.91 Å². The molecule has 0 radical (unpaired) electrons. The number of H-pyrrole nitrogens is 1. The van der Waals surface area contributed by atoms with Crippen LogP contribution in [0.5, 0.6) is 5.75 Å². The highest BCUT2D eigenvalue weighted by molar-refractivity contribution is 6.02.